The molecule has 1 amide bonds. The second-order valence-electron chi connectivity index (χ2n) is 6.66. The number of amides is 1. The molecule has 0 radical (unpaired) electrons. The average molecular weight is 438 g/mol. The van der Waals surface area contributed by atoms with E-state index in [4.69, 9.17) is 19.9 Å². The zero-order valence-electron chi connectivity index (χ0n) is 18.1. The summed E-state index contributed by atoms with van der Waals surface area (Å²) in [6.45, 7) is 0.578. The van der Waals surface area contributed by atoms with Crippen molar-refractivity contribution >= 4 is 23.2 Å². The molecule has 10 nitrogen and oxygen atoms in total. The Morgan fingerprint density at radius 2 is 1.66 bits per heavy atom. The second-order valence-corrected chi connectivity index (χ2v) is 6.66. The largest absolute Gasteiger partial charge is 0.497 e. The topological polar surface area (TPSA) is 133 Å². The SMILES string of the molecule is COc1ccc(C(=O)NNc2ncnc(NCCc3ccc(OC)c(OC)c3)c2N)cc1. The minimum Gasteiger partial charge on any atom is -0.497 e. The molecule has 3 rings (SSSR count). The van der Waals surface area contributed by atoms with Gasteiger partial charge in [0.25, 0.3) is 5.91 Å². The Hall–Kier alpha value is -4.21. The molecule has 0 unspecified atom stereocenters. The van der Waals surface area contributed by atoms with Crippen LogP contribution >= 0.6 is 0 Å². The number of nitrogen functional groups attached to an aromatic ring is 1. The third-order valence-electron chi connectivity index (χ3n) is 4.68. The molecule has 10 heteroatoms. The van der Waals surface area contributed by atoms with Crippen LogP contribution in [-0.2, 0) is 6.42 Å². The number of hydrogen-bond acceptors (Lipinski definition) is 9. The number of benzene rings is 2. The fourth-order valence-corrected chi connectivity index (χ4v) is 2.93. The lowest BCUT2D eigenvalue weighted by atomic mass is 10.1. The van der Waals surface area contributed by atoms with E-state index in [2.05, 4.69) is 26.1 Å². The van der Waals surface area contributed by atoms with Gasteiger partial charge in [0.2, 0.25) is 0 Å². The molecule has 3 aromatic rings. The number of ether oxygens (including phenoxy) is 3. The molecule has 0 bridgehead atoms. The summed E-state index contributed by atoms with van der Waals surface area (Å²) in [5.41, 5.74) is 13.3. The Balaban J connectivity index is 1.57. The van der Waals surface area contributed by atoms with Crippen molar-refractivity contribution in [2.45, 2.75) is 6.42 Å². The molecule has 0 fully saturated rings. The minimum atomic E-state index is -0.339. The summed E-state index contributed by atoms with van der Waals surface area (Å²) < 4.78 is 15.7. The first-order valence-corrected chi connectivity index (χ1v) is 9.81. The van der Waals surface area contributed by atoms with Gasteiger partial charge in [-0.15, -0.1) is 0 Å². The number of carbonyl (C=O) groups excluding carboxylic acids is 1. The Bertz CT molecular complexity index is 1060. The highest BCUT2D eigenvalue weighted by atomic mass is 16.5. The van der Waals surface area contributed by atoms with Gasteiger partial charge in [-0.2, -0.15) is 0 Å². The first-order valence-electron chi connectivity index (χ1n) is 9.81. The maximum atomic E-state index is 12.3. The summed E-state index contributed by atoms with van der Waals surface area (Å²) in [6.07, 6.45) is 2.07. The van der Waals surface area contributed by atoms with Crippen LogP contribution in [0.15, 0.2) is 48.8 Å². The molecular formula is C22H26N6O4. The fraction of sp³-hybridized carbons (Fsp3) is 0.227. The summed E-state index contributed by atoms with van der Waals surface area (Å²) in [6, 6.07) is 12.5. The molecule has 0 aliphatic carbocycles. The van der Waals surface area contributed by atoms with E-state index < -0.39 is 0 Å². The summed E-state index contributed by atoms with van der Waals surface area (Å²) >= 11 is 0. The van der Waals surface area contributed by atoms with Gasteiger partial charge < -0.3 is 25.3 Å². The summed E-state index contributed by atoms with van der Waals surface area (Å²) in [5.74, 6) is 2.42. The number of rotatable bonds is 10. The van der Waals surface area contributed by atoms with Crippen molar-refractivity contribution in [3.05, 3.63) is 59.9 Å². The first-order chi connectivity index (χ1) is 15.5. The predicted octanol–water partition coefficient (Wildman–Crippen LogP) is 2.50. The van der Waals surface area contributed by atoms with E-state index in [-0.39, 0.29) is 17.4 Å². The number of methoxy groups -OCH3 is 3. The van der Waals surface area contributed by atoms with Gasteiger partial charge in [0, 0.05) is 12.1 Å². The molecule has 1 heterocycles. The molecule has 0 atom stereocenters. The number of nitrogens with zero attached hydrogens (tertiary/aromatic N) is 2. The average Bonchev–Trinajstić information content (AvgIpc) is 2.84. The van der Waals surface area contributed by atoms with Crippen LogP contribution in [0.1, 0.15) is 15.9 Å². The van der Waals surface area contributed by atoms with Gasteiger partial charge in [0.05, 0.1) is 21.3 Å². The highest BCUT2D eigenvalue weighted by molar-refractivity contribution is 5.95. The van der Waals surface area contributed by atoms with E-state index in [0.717, 1.165) is 5.56 Å². The lowest BCUT2D eigenvalue weighted by Gasteiger charge is -2.14. The van der Waals surface area contributed by atoms with Crippen LogP contribution in [0.5, 0.6) is 17.2 Å². The van der Waals surface area contributed by atoms with Crippen LogP contribution in [0.4, 0.5) is 17.3 Å². The molecule has 168 valence electrons. The standard InChI is InChI=1S/C22H26N6O4/c1-30-16-7-5-15(6-8-16)22(29)28-27-21-19(23)20(25-13-26-21)24-11-10-14-4-9-17(31-2)18(12-14)32-3/h4-9,12-13H,10-11,23H2,1-3H3,(H,28,29)(H2,24,25,26,27). The van der Waals surface area contributed by atoms with E-state index in [1.54, 1.807) is 45.6 Å². The Morgan fingerprint density at radius 3 is 2.34 bits per heavy atom. The van der Waals surface area contributed by atoms with Gasteiger partial charge in [-0.05, 0) is 48.4 Å². The predicted molar refractivity (Wildman–Crippen MR) is 122 cm³/mol. The molecule has 5 N–H and O–H groups in total. The number of nitrogens with two attached hydrogens (primary N) is 1. The summed E-state index contributed by atoms with van der Waals surface area (Å²) in [7, 11) is 4.76. The number of carbonyl (C=O) groups is 1. The lowest BCUT2D eigenvalue weighted by Crippen LogP contribution is -2.30. The molecule has 0 aliphatic heterocycles. The Morgan fingerprint density at radius 1 is 0.938 bits per heavy atom. The second kappa shape index (κ2) is 10.7. The van der Waals surface area contributed by atoms with E-state index in [1.165, 1.54) is 6.33 Å². The van der Waals surface area contributed by atoms with E-state index >= 15 is 0 Å². The van der Waals surface area contributed by atoms with Crippen molar-refractivity contribution in [2.24, 2.45) is 0 Å². The maximum Gasteiger partial charge on any atom is 0.269 e. The van der Waals surface area contributed by atoms with Crippen LogP contribution in [-0.4, -0.2) is 43.7 Å². The van der Waals surface area contributed by atoms with Crippen molar-refractivity contribution in [1.82, 2.24) is 15.4 Å². The molecule has 2 aromatic carbocycles. The number of hydrogen-bond donors (Lipinski definition) is 4. The molecular weight excluding hydrogens is 412 g/mol. The zero-order chi connectivity index (χ0) is 22.9. The van der Waals surface area contributed by atoms with Crippen LogP contribution in [0.25, 0.3) is 0 Å². The van der Waals surface area contributed by atoms with E-state index in [0.29, 0.717) is 41.6 Å². The van der Waals surface area contributed by atoms with Gasteiger partial charge in [-0.3, -0.25) is 15.6 Å². The third kappa shape index (κ3) is 5.48. The van der Waals surface area contributed by atoms with E-state index in [1.807, 2.05) is 18.2 Å². The zero-order valence-corrected chi connectivity index (χ0v) is 18.1. The Labute approximate surface area is 186 Å². The van der Waals surface area contributed by atoms with Crippen LogP contribution in [0.2, 0.25) is 0 Å². The quantitative estimate of drug-likeness (QED) is 0.352. The van der Waals surface area contributed by atoms with Gasteiger partial charge in [-0.25, -0.2) is 9.97 Å². The van der Waals surface area contributed by atoms with Gasteiger partial charge in [0.1, 0.15) is 17.8 Å². The van der Waals surface area contributed by atoms with Crippen molar-refractivity contribution in [3.8, 4) is 17.2 Å². The van der Waals surface area contributed by atoms with Gasteiger partial charge >= 0.3 is 0 Å². The number of anilines is 3. The number of aromatic nitrogens is 2. The first kappa shape index (κ1) is 22.5. The van der Waals surface area contributed by atoms with Crippen molar-refractivity contribution in [3.63, 3.8) is 0 Å². The molecule has 0 aliphatic rings. The molecule has 0 saturated carbocycles. The molecule has 1 aromatic heterocycles. The number of nitrogens with one attached hydrogen (secondary N) is 3. The number of hydrazine groups is 1. The molecule has 32 heavy (non-hydrogen) atoms. The summed E-state index contributed by atoms with van der Waals surface area (Å²) in [5, 5.41) is 3.19. The van der Waals surface area contributed by atoms with Gasteiger partial charge in [0.15, 0.2) is 23.1 Å². The van der Waals surface area contributed by atoms with Crippen molar-refractivity contribution < 1.29 is 19.0 Å². The van der Waals surface area contributed by atoms with Gasteiger partial charge in [-0.1, -0.05) is 6.07 Å². The third-order valence-corrected chi connectivity index (χ3v) is 4.68. The Kier molecular flexibility index (Phi) is 7.52. The lowest BCUT2D eigenvalue weighted by molar-refractivity contribution is 0.0962. The monoisotopic (exact) mass is 438 g/mol. The fourth-order valence-electron chi connectivity index (χ4n) is 2.93. The van der Waals surface area contributed by atoms with Crippen molar-refractivity contribution in [1.29, 1.82) is 0 Å². The normalized spacial score (nSPS) is 10.2. The smallest absolute Gasteiger partial charge is 0.269 e. The van der Waals surface area contributed by atoms with E-state index in [9.17, 15) is 4.79 Å². The molecule has 0 saturated heterocycles. The van der Waals surface area contributed by atoms with Crippen LogP contribution < -0.4 is 36.1 Å². The van der Waals surface area contributed by atoms with Crippen LogP contribution in [0, 0.1) is 0 Å². The maximum absolute atomic E-state index is 12.3. The highest BCUT2D eigenvalue weighted by Gasteiger charge is 2.11. The van der Waals surface area contributed by atoms with Crippen molar-refractivity contribution in [2.75, 3.05) is 44.4 Å². The molecule has 0 spiro atoms. The summed E-state index contributed by atoms with van der Waals surface area (Å²) in [4.78, 5) is 20.6. The minimum absolute atomic E-state index is 0.287. The highest BCUT2D eigenvalue weighted by Crippen LogP contribution is 2.28. The van der Waals surface area contributed by atoms with Crippen LogP contribution in [0.3, 0.4) is 0 Å².